The topological polar surface area (TPSA) is 62.1 Å². The fourth-order valence-corrected chi connectivity index (χ4v) is 0.956. The van der Waals surface area contributed by atoms with Gasteiger partial charge >= 0.3 is 6.09 Å². The molecule has 0 heterocycles. The summed E-state index contributed by atoms with van der Waals surface area (Å²) in [6, 6.07) is 6.49. The molecule has 5 heteroatoms. The van der Waals surface area contributed by atoms with E-state index in [2.05, 4.69) is 16.1 Å². The van der Waals surface area contributed by atoms with E-state index in [4.69, 9.17) is 5.26 Å². The molecule has 1 amide bonds. The average molecular weight is 207 g/mol. The highest BCUT2D eigenvalue weighted by Gasteiger charge is 2.11. The van der Waals surface area contributed by atoms with Crippen LogP contribution in [0.5, 0.6) is 0 Å². The molecule has 0 aliphatic rings. The number of rotatable bonds is 2. The van der Waals surface area contributed by atoms with E-state index in [1.165, 1.54) is 6.07 Å². The summed E-state index contributed by atoms with van der Waals surface area (Å²) in [6.45, 7) is 1.80. The summed E-state index contributed by atoms with van der Waals surface area (Å²) in [7, 11) is 0. The maximum atomic E-state index is 13.2. The quantitative estimate of drug-likeness (QED) is 0.807. The fraction of sp³-hybridized carbons (Fsp3) is 0.200. The lowest BCUT2D eigenvalue weighted by atomic mass is 10.2. The number of hydrogen-bond acceptors (Lipinski definition) is 3. The predicted molar refractivity (Wildman–Crippen MR) is 50.6 cm³/mol. The van der Waals surface area contributed by atoms with E-state index in [-0.39, 0.29) is 17.9 Å². The lowest BCUT2D eigenvalue weighted by Crippen LogP contribution is -2.15. The van der Waals surface area contributed by atoms with Crippen LogP contribution in [0.25, 0.3) is 0 Å². The van der Waals surface area contributed by atoms with Gasteiger partial charge < -0.3 is 4.74 Å². The third-order valence-electron chi connectivity index (χ3n) is 1.57. The number of hydrogen-bond donors (Lipinski definition) is 1. The summed E-state index contributed by atoms with van der Waals surface area (Å²) in [5, 5.41) is 10.8. The largest absolute Gasteiger partial charge is 0.450 e. The molecule has 0 unspecified atom stereocenters. The van der Waals surface area contributed by atoms with Crippen LogP contribution in [0.15, 0.2) is 12.1 Å². The second kappa shape index (κ2) is 4.96. The third kappa shape index (κ3) is 2.68. The first kappa shape index (κ1) is 11.0. The van der Waals surface area contributed by atoms with Gasteiger partial charge in [0, 0.05) is 0 Å². The molecule has 0 aliphatic heterocycles. The average Bonchev–Trinajstić information content (AvgIpc) is 2.21. The van der Waals surface area contributed by atoms with Gasteiger partial charge in [0.05, 0.1) is 17.9 Å². The van der Waals surface area contributed by atoms with Crippen LogP contribution < -0.4 is 5.32 Å². The third-order valence-corrected chi connectivity index (χ3v) is 1.57. The standard InChI is InChI=1S/C10H8FN2O2/c1-2-15-10(14)13-9-7(6-12)4-3-5-8(9)11/h4-5H,2H2,1H3,(H,13,14). The summed E-state index contributed by atoms with van der Waals surface area (Å²) in [4.78, 5) is 11.0. The molecule has 0 bridgehead atoms. The molecule has 15 heavy (non-hydrogen) atoms. The second-order valence-electron chi connectivity index (χ2n) is 2.55. The highest BCUT2D eigenvalue weighted by atomic mass is 19.1. The fourth-order valence-electron chi connectivity index (χ4n) is 0.956. The summed E-state index contributed by atoms with van der Waals surface area (Å²) in [5.74, 6) is -0.720. The molecule has 0 aromatic heterocycles. The first-order chi connectivity index (χ1) is 7.19. The first-order valence-corrected chi connectivity index (χ1v) is 4.22. The van der Waals surface area contributed by atoms with Crippen molar-refractivity contribution in [3.63, 3.8) is 0 Å². The molecule has 0 atom stereocenters. The Balaban J connectivity index is 2.94. The lowest BCUT2D eigenvalue weighted by Gasteiger charge is -2.07. The molecule has 1 N–H and O–H groups in total. The molecular weight excluding hydrogens is 199 g/mol. The van der Waals surface area contributed by atoms with Gasteiger partial charge in [-0.1, -0.05) is 0 Å². The van der Waals surface area contributed by atoms with Crippen molar-refractivity contribution in [3.05, 3.63) is 29.6 Å². The minimum atomic E-state index is -0.792. The number of nitrogens with zero attached hydrogens (tertiary/aromatic N) is 1. The molecule has 0 aliphatic carbocycles. The van der Waals surface area contributed by atoms with Crippen molar-refractivity contribution < 1.29 is 13.9 Å². The Kier molecular flexibility index (Phi) is 3.63. The number of carbonyl (C=O) groups excluding carboxylic acids is 1. The van der Waals surface area contributed by atoms with Crippen LogP contribution in [0, 0.1) is 23.2 Å². The van der Waals surface area contributed by atoms with Gasteiger partial charge in [0.1, 0.15) is 11.9 Å². The van der Waals surface area contributed by atoms with E-state index in [1.807, 2.05) is 0 Å². The van der Waals surface area contributed by atoms with Gasteiger partial charge in [-0.25, -0.2) is 9.18 Å². The molecule has 1 aromatic carbocycles. The number of amides is 1. The van der Waals surface area contributed by atoms with E-state index >= 15 is 0 Å². The van der Waals surface area contributed by atoms with E-state index in [9.17, 15) is 9.18 Å². The molecule has 4 nitrogen and oxygen atoms in total. The monoisotopic (exact) mass is 207 g/mol. The minimum Gasteiger partial charge on any atom is -0.450 e. The Morgan fingerprint density at radius 2 is 2.47 bits per heavy atom. The van der Waals surface area contributed by atoms with Crippen LogP contribution in [-0.2, 0) is 4.74 Å². The highest BCUT2D eigenvalue weighted by molar-refractivity contribution is 5.86. The number of ether oxygens (including phenoxy) is 1. The van der Waals surface area contributed by atoms with Crippen LogP contribution in [0.3, 0.4) is 0 Å². The van der Waals surface area contributed by atoms with Crippen LogP contribution >= 0.6 is 0 Å². The minimum absolute atomic E-state index is 0.00283. The smallest absolute Gasteiger partial charge is 0.411 e. The summed E-state index contributed by atoms with van der Waals surface area (Å²) < 4.78 is 17.7. The Morgan fingerprint density at radius 3 is 3.07 bits per heavy atom. The highest BCUT2D eigenvalue weighted by Crippen LogP contribution is 2.18. The normalized spacial score (nSPS) is 9.13. The van der Waals surface area contributed by atoms with Crippen LogP contribution in [0.2, 0.25) is 0 Å². The van der Waals surface area contributed by atoms with Gasteiger partial charge in [-0.05, 0) is 25.1 Å². The van der Waals surface area contributed by atoms with Crippen molar-refractivity contribution in [2.24, 2.45) is 0 Å². The number of halogens is 1. The van der Waals surface area contributed by atoms with Crippen LogP contribution in [-0.4, -0.2) is 12.7 Å². The van der Waals surface area contributed by atoms with Crippen LogP contribution in [0.1, 0.15) is 12.5 Å². The molecule has 0 spiro atoms. The first-order valence-electron chi connectivity index (χ1n) is 4.22. The van der Waals surface area contributed by atoms with E-state index in [0.29, 0.717) is 0 Å². The maximum Gasteiger partial charge on any atom is 0.411 e. The molecule has 1 rings (SSSR count). The maximum absolute atomic E-state index is 13.2. The number of benzene rings is 1. The van der Waals surface area contributed by atoms with Crippen molar-refractivity contribution in [2.75, 3.05) is 11.9 Å². The van der Waals surface area contributed by atoms with Crippen molar-refractivity contribution >= 4 is 11.8 Å². The van der Waals surface area contributed by atoms with Crippen molar-refractivity contribution in [1.29, 1.82) is 5.26 Å². The zero-order valence-corrected chi connectivity index (χ0v) is 8.00. The van der Waals surface area contributed by atoms with Crippen molar-refractivity contribution in [1.82, 2.24) is 0 Å². The molecule has 1 radical (unpaired) electrons. The Labute approximate surface area is 86.3 Å². The van der Waals surface area contributed by atoms with Gasteiger partial charge in [0.2, 0.25) is 0 Å². The SMILES string of the molecule is CCOC(=O)Nc1c(F)c[c]cc1C#N. The van der Waals surface area contributed by atoms with Gasteiger partial charge in [0.25, 0.3) is 0 Å². The zero-order chi connectivity index (χ0) is 11.3. The Morgan fingerprint density at radius 1 is 1.73 bits per heavy atom. The predicted octanol–water partition coefficient (Wildman–Crippen LogP) is 2.07. The summed E-state index contributed by atoms with van der Waals surface area (Å²) >= 11 is 0. The molecule has 0 fully saturated rings. The van der Waals surface area contributed by atoms with Crippen LogP contribution in [0.4, 0.5) is 14.9 Å². The molecule has 0 saturated carbocycles. The van der Waals surface area contributed by atoms with Gasteiger partial charge in [-0.3, -0.25) is 5.32 Å². The van der Waals surface area contributed by atoms with Crippen molar-refractivity contribution in [3.8, 4) is 6.07 Å². The number of nitrogens with one attached hydrogen (secondary N) is 1. The molecule has 0 saturated heterocycles. The zero-order valence-electron chi connectivity index (χ0n) is 8.00. The number of nitriles is 1. The van der Waals surface area contributed by atoms with E-state index in [0.717, 1.165) is 6.07 Å². The summed E-state index contributed by atoms with van der Waals surface area (Å²) in [6.07, 6.45) is -0.792. The number of carbonyl (C=O) groups is 1. The van der Waals surface area contributed by atoms with E-state index < -0.39 is 11.9 Å². The Hall–Kier alpha value is -2.09. The Bertz CT molecular complexity index is 412. The lowest BCUT2D eigenvalue weighted by molar-refractivity contribution is 0.168. The van der Waals surface area contributed by atoms with Gasteiger partial charge in [-0.2, -0.15) is 5.26 Å². The second-order valence-corrected chi connectivity index (χ2v) is 2.55. The number of anilines is 1. The summed E-state index contributed by atoms with van der Waals surface area (Å²) in [5.41, 5.74) is -0.183. The van der Waals surface area contributed by atoms with E-state index in [1.54, 1.807) is 13.0 Å². The molecular formula is C10H8FN2O2. The van der Waals surface area contributed by atoms with Crippen molar-refractivity contribution in [2.45, 2.75) is 6.92 Å². The van der Waals surface area contributed by atoms with Gasteiger partial charge in [-0.15, -0.1) is 0 Å². The molecule has 77 valence electrons. The van der Waals surface area contributed by atoms with Gasteiger partial charge in [0.15, 0.2) is 0 Å². The molecule has 1 aromatic rings.